The van der Waals surface area contributed by atoms with Gasteiger partial charge in [-0.05, 0) is 30.3 Å². The largest absolute Gasteiger partial charge is 0.399 e. The van der Waals surface area contributed by atoms with Crippen molar-refractivity contribution in [2.24, 2.45) is 0 Å². The lowest BCUT2D eigenvalue weighted by Crippen LogP contribution is -1.93. The van der Waals surface area contributed by atoms with Gasteiger partial charge in [0, 0.05) is 15.6 Å². The van der Waals surface area contributed by atoms with Gasteiger partial charge in [-0.2, -0.15) is 5.26 Å². The van der Waals surface area contributed by atoms with Crippen molar-refractivity contribution in [2.75, 3.05) is 5.73 Å². The molecule has 2 N–H and O–H groups in total. The number of nitrogen functional groups attached to an aromatic ring is 1. The molecule has 0 aliphatic carbocycles. The second kappa shape index (κ2) is 5.47. The highest BCUT2D eigenvalue weighted by atomic mass is 35.5. The van der Waals surface area contributed by atoms with Crippen molar-refractivity contribution in [2.45, 2.75) is 9.79 Å². The molecule has 0 aromatic heterocycles. The maximum atomic E-state index is 13.7. The first-order valence-corrected chi connectivity index (χ1v) is 6.32. The topological polar surface area (TPSA) is 49.8 Å². The minimum atomic E-state index is -0.763. The van der Waals surface area contributed by atoms with Gasteiger partial charge in [-0.25, -0.2) is 8.78 Å². The van der Waals surface area contributed by atoms with Crippen LogP contribution in [0.2, 0.25) is 5.02 Å². The first-order valence-electron chi connectivity index (χ1n) is 5.13. The zero-order valence-corrected chi connectivity index (χ0v) is 11.0. The van der Waals surface area contributed by atoms with Crippen LogP contribution in [-0.2, 0) is 0 Å². The van der Waals surface area contributed by atoms with E-state index in [0.717, 1.165) is 23.9 Å². The summed E-state index contributed by atoms with van der Waals surface area (Å²) in [6, 6.07) is 8.54. The van der Waals surface area contributed by atoms with Crippen LogP contribution >= 0.6 is 23.4 Å². The molecular weight excluding hydrogens is 290 g/mol. The third-order valence-corrected chi connectivity index (χ3v) is 3.70. The molecule has 19 heavy (non-hydrogen) atoms. The smallest absolute Gasteiger partial charge is 0.142 e. The van der Waals surface area contributed by atoms with Crippen LogP contribution < -0.4 is 5.73 Å². The van der Waals surface area contributed by atoms with Crippen LogP contribution in [0.5, 0.6) is 0 Å². The first kappa shape index (κ1) is 13.7. The normalized spacial score (nSPS) is 10.2. The molecule has 0 radical (unpaired) electrons. The molecule has 2 aromatic carbocycles. The summed E-state index contributed by atoms with van der Waals surface area (Å²) < 4.78 is 27.3. The number of benzene rings is 2. The van der Waals surface area contributed by atoms with Crippen LogP contribution in [0.15, 0.2) is 40.1 Å². The van der Waals surface area contributed by atoms with E-state index in [1.807, 2.05) is 6.07 Å². The third kappa shape index (κ3) is 2.98. The number of nitriles is 1. The zero-order valence-electron chi connectivity index (χ0n) is 9.45. The van der Waals surface area contributed by atoms with Crippen molar-refractivity contribution >= 4 is 29.1 Å². The Bertz CT molecular complexity index is 660. The number of anilines is 1. The van der Waals surface area contributed by atoms with Gasteiger partial charge in [0.25, 0.3) is 0 Å². The van der Waals surface area contributed by atoms with Crippen molar-refractivity contribution in [3.63, 3.8) is 0 Å². The third-order valence-electron chi connectivity index (χ3n) is 2.29. The lowest BCUT2D eigenvalue weighted by molar-refractivity contribution is 0.542. The van der Waals surface area contributed by atoms with Crippen molar-refractivity contribution in [3.05, 3.63) is 52.6 Å². The Labute approximate surface area is 117 Å². The van der Waals surface area contributed by atoms with Crippen LogP contribution in [-0.4, -0.2) is 0 Å². The minimum Gasteiger partial charge on any atom is -0.399 e. The minimum absolute atomic E-state index is 0.0102. The zero-order chi connectivity index (χ0) is 14.0. The van der Waals surface area contributed by atoms with Gasteiger partial charge in [0.05, 0.1) is 10.5 Å². The second-order valence-corrected chi connectivity index (χ2v) is 5.16. The van der Waals surface area contributed by atoms with Crippen molar-refractivity contribution in [1.29, 1.82) is 5.26 Å². The Kier molecular flexibility index (Phi) is 3.93. The maximum absolute atomic E-state index is 13.7. The summed E-state index contributed by atoms with van der Waals surface area (Å²) in [5.74, 6) is -1.53. The fourth-order valence-corrected chi connectivity index (χ4v) is 2.52. The number of hydrogen-bond donors (Lipinski definition) is 1. The van der Waals surface area contributed by atoms with Crippen molar-refractivity contribution in [3.8, 4) is 6.07 Å². The van der Waals surface area contributed by atoms with Crippen LogP contribution in [0.4, 0.5) is 14.5 Å². The van der Waals surface area contributed by atoms with Crippen molar-refractivity contribution < 1.29 is 8.78 Å². The molecule has 0 bridgehead atoms. The van der Waals surface area contributed by atoms with Gasteiger partial charge in [-0.3, -0.25) is 0 Å². The summed E-state index contributed by atoms with van der Waals surface area (Å²) in [5.41, 5.74) is 5.61. The molecule has 0 atom stereocenters. The van der Waals surface area contributed by atoms with E-state index in [-0.39, 0.29) is 16.1 Å². The van der Waals surface area contributed by atoms with Crippen molar-refractivity contribution in [1.82, 2.24) is 0 Å². The predicted molar refractivity (Wildman–Crippen MR) is 71.1 cm³/mol. The molecule has 0 unspecified atom stereocenters. The quantitative estimate of drug-likeness (QED) is 0.844. The molecule has 96 valence electrons. The number of halogens is 3. The molecule has 0 fully saturated rings. The highest BCUT2D eigenvalue weighted by Crippen LogP contribution is 2.35. The lowest BCUT2D eigenvalue weighted by Gasteiger charge is -2.07. The first-order chi connectivity index (χ1) is 9.01. The Balaban J connectivity index is 2.45. The lowest BCUT2D eigenvalue weighted by atomic mass is 10.2. The molecule has 0 spiro atoms. The molecule has 6 heteroatoms. The van der Waals surface area contributed by atoms with Crippen LogP contribution in [0.1, 0.15) is 5.56 Å². The molecule has 0 saturated heterocycles. The number of nitrogens with zero attached hydrogens (tertiary/aromatic N) is 1. The van der Waals surface area contributed by atoms with Crippen LogP contribution in [0.25, 0.3) is 0 Å². The van der Waals surface area contributed by atoms with E-state index in [2.05, 4.69) is 0 Å². The second-order valence-electron chi connectivity index (χ2n) is 3.67. The fourth-order valence-electron chi connectivity index (χ4n) is 1.47. The maximum Gasteiger partial charge on any atom is 0.142 e. The Morgan fingerprint density at radius 1 is 1.16 bits per heavy atom. The van der Waals surface area contributed by atoms with E-state index in [0.29, 0.717) is 9.92 Å². The SMILES string of the molecule is N#Cc1cc(Cl)ccc1Sc1c(F)cc(N)cc1F. The summed E-state index contributed by atoms with van der Waals surface area (Å²) in [7, 11) is 0. The fraction of sp³-hybridized carbons (Fsp3) is 0. The van der Waals surface area contributed by atoms with E-state index in [1.165, 1.54) is 6.07 Å². The molecule has 2 aromatic rings. The van der Waals surface area contributed by atoms with Crippen LogP contribution in [0.3, 0.4) is 0 Å². The molecular formula is C13H7ClF2N2S. The summed E-state index contributed by atoms with van der Waals surface area (Å²) in [6.45, 7) is 0. The Morgan fingerprint density at radius 3 is 2.37 bits per heavy atom. The standard InChI is InChI=1S/C13H7ClF2N2S/c14-8-1-2-12(7(3-8)6-17)19-13-10(15)4-9(18)5-11(13)16/h1-5H,18H2. The molecule has 0 amide bonds. The highest BCUT2D eigenvalue weighted by molar-refractivity contribution is 7.99. The van der Waals surface area contributed by atoms with E-state index in [9.17, 15) is 8.78 Å². The molecule has 0 aliphatic rings. The highest BCUT2D eigenvalue weighted by Gasteiger charge is 2.14. The molecule has 0 saturated carbocycles. The van der Waals surface area contributed by atoms with E-state index in [4.69, 9.17) is 22.6 Å². The monoisotopic (exact) mass is 296 g/mol. The molecule has 2 rings (SSSR count). The summed E-state index contributed by atoms with van der Waals surface area (Å²) >= 11 is 6.58. The van der Waals surface area contributed by atoms with Gasteiger partial charge in [-0.1, -0.05) is 23.4 Å². The Hall–Kier alpha value is -1.77. The average Bonchev–Trinajstić information content (AvgIpc) is 2.35. The van der Waals surface area contributed by atoms with E-state index >= 15 is 0 Å². The molecule has 0 heterocycles. The van der Waals surface area contributed by atoms with Crippen LogP contribution in [0, 0.1) is 23.0 Å². The van der Waals surface area contributed by atoms with E-state index < -0.39 is 11.6 Å². The summed E-state index contributed by atoms with van der Waals surface area (Å²) in [5, 5.41) is 9.36. The predicted octanol–water partition coefficient (Wildman–Crippen LogP) is 4.22. The number of nitrogens with two attached hydrogens (primary N) is 1. The summed E-state index contributed by atoms with van der Waals surface area (Å²) in [4.78, 5) is 0.225. The van der Waals surface area contributed by atoms with Gasteiger partial charge >= 0.3 is 0 Å². The number of hydrogen-bond acceptors (Lipinski definition) is 3. The van der Waals surface area contributed by atoms with E-state index in [1.54, 1.807) is 12.1 Å². The number of rotatable bonds is 2. The Morgan fingerprint density at radius 2 is 1.79 bits per heavy atom. The molecule has 0 aliphatic heterocycles. The van der Waals surface area contributed by atoms with Gasteiger partial charge in [-0.15, -0.1) is 0 Å². The summed E-state index contributed by atoms with van der Waals surface area (Å²) in [6.07, 6.45) is 0. The molecule has 2 nitrogen and oxygen atoms in total. The van der Waals surface area contributed by atoms with Gasteiger partial charge in [0.2, 0.25) is 0 Å². The average molecular weight is 297 g/mol. The van der Waals surface area contributed by atoms with Gasteiger partial charge < -0.3 is 5.73 Å². The van der Waals surface area contributed by atoms with Gasteiger partial charge in [0.1, 0.15) is 17.7 Å². The van der Waals surface area contributed by atoms with Gasteiger partial charge in [0.15, 0.2) is 0 Å².